The molecule has 6 heteroatoms. The Morgan fingerprint density at radius 1 is 1.13 bits per heavy atom. The number of hydrogen-bond acceptors (Lipinski definition) is 3. The van der Waals surface area contributed by atoms with E-state index in [0.717, 1.165) is 11.3 Å². The fourth-order valence-electron chi connectivity index (χ4n) is 3.15. The molecule has 1 N–H and O–H groups in total. The monoisotopic (exact) mass is 344 g/mol. The maximum absolute atomic E-state index is 12.8. The molecule has 4 rings (SSSR count). The van der Waals surface area contributed by atoms with Crippen LogP contribution in [0.4, 0.5) is 11.4 Å². The van der Waals surface area contributed by atoms with Gasteiger partial charge in [0, 0.05) is 22.0 Å². The van der Waals surface area contributed by atoms with Gasteiger partial charge in [-0.1, -0.05) is 29.8 Å². The molecule has 1 saturated heterocycles. The quantitative estimate of drug-likeness (QED) is 0.859. The van der Waals surface area contributed by atoms with E-state index in [2.05, 4.69) is 5.32 Å². The molecule has 116 valence electrons. The van der Waals surface area contributed by atoms with Crippen LogP contribution >= 0.6 is 23.4 Å². The number of halogens is 1. The molecule has 1 fully saturated rings. The lowest BCUT2D eigenvalue weighted by molar-refractivity contribution is -0.122. The second kappa shape index (κ2) is 5.01. The lowest BCUT2D eigenvalue weighted by Crippen LogP contribution is -2.47. The molecule has 2 heterocycles. The van der Waals surface area contributed by atoms with Gasteiger partial charge in [0.25, 0.3) is 5.91 Å². The zero-order valence-corrected chi connectivity index (χ0v) is 13.8. The van der Waals surface area contributed by atoms with E-state index in [9.17, 15) is 9.59 Å². The molecular formula is C17H13ClN2O2S. The molecule has 0 bridgehead atoms. The summed E-state index contributed by atoms with van der Waals surface area (Å²) in [5, 5.41) is 3.19. The van der Waals surface area contributed by atoms with Crippen LogP contribution < -0.4 is 10.2 Å². The molecule has 2 amide bonds. The van der Waals surface area contributed by atoms with Crippen LogP contribution in [0.15, 0.2) is 48.5 Å². The maximum Gasteiger partial charge on any atom is 0.266 e. The minimum atomic E-state index is -1.05. The van der Waals surface area contributed by atoms with Gasteiger partial charge >= 0.3 is 0 Å². The van der Waals surface area contributed by atoms with Gasteiger partial charge in [0.05, 0.1) is 5.25 Å². The first kappa shape index (κ1) is 14.6. The first-order valence-electron chi connectivity index (χ1n) is 7.22. The minimum Gasteiger partial charge on any atom is -0.323 e. The summed E-state index contributed by atoms with van der Waals surface area (Å²) in [5.41, 5.74) is 2.25. The molecule has 0 radical (unpaired) electrons. The summed E-state index contributed by atoms with van der Waals surface area (Å²) < 4.78 is 0. The van der Waals surface area contributed by atoms with E-state index in [1.54, 1.807) is 29.2 Å². The standard InChI is InChI=1S/C17H13ClN2O2S/c1-10-15(21)20(12-8-6-11(18)7-9-12)17(23-10)13-4-2-3-5-14(13)19-16(17)22/h2-10H,1H3,(H,19,22). The topological polar surface area (TPSA) is 49.4 Å². The number of carbonyl (C=O) groups excluding carboxylic acids is 2. The first-order valence-corrected chi connectivity index (χ1v) is 8.48. The van der Waals surface area contributed by atoms with Gasteiger partial charge in [-0.05, 0) is 37.3 Å². The van der Waals surface area contributed by atoms with Gasteiger partial charge in [0.2, 0.25) is 10.8 Å². The highest BCUT2D eigenvalue weighted by Gasteiger charge is 2.60. The SMILES string of the molecule is CC1SC2(C(=O)Nc3ccccc32)N(c2ccc(Cl)cc2)C1=O. The molecule has 2 aromatic carbocycles. The van der Waals surface area contributed by atoms with Crippen molar-refractivity contribution in [3.63, 3.8) is 0 Å². The number of fused-ring (bicyclic) bond motifs is 2. The van der Waals surface area contributed by atoms with Crippen LogP contribution in [0.5, 0.6) is 0 Å². The van der Waals surface area contributed by atoms with Gasteiger partial charge in [-0.2, -0.15) is 0 Å². The van der Waals surface area contributed by atoms with Crippen molar-refractivity contribution in [2.45, 2.75) is 17.0 Å². The number of amides is 2. The second-order valence-corrected chi connectivity index (χ2v) is 7.52. The number of nitrogens with zero attached hydrogens (tertiary/aromatic N) is 1. The van der Waals surface area contributed by atoms with Crippen LogP contribution in [0.1, 0.15) is 12.5 Å². The van der Waals surface area contributed by atoms with Crippen molar-refractivity contribution in [1.82, 2.24) is 0 Å². The summed E-state index contributed by atoms with van der Waals surface area (Å²) in [6.07, 6.45) is 0. The van der Waals surface area contributed by atoms with Crippen molar-refractivity contribution in [1.29, 1.82) is 0 Å². The van der Waals surface area contributed by atoms with Gasteiger partial charge in [-0.25, -0.2) is 0 Å². The summed E-state index contributed by atoms with van der Waals surface area (Å²) in [6, 6.07) is 14.5. The fraction of sp³-hybridized carbons (Fsp3) is 0.176. The molecule has 1 spiro atoms. The molecule has 2 aliphatic heterocycles. The second-order valence-electron chi connectivity index (χ2n) is 5.55. The highest BCUT2D eigenvalue weighted by atomic mass is 35.5. The Kier molecular flexibility index (Phi) is 3.18. The zero-order valence-electron chi connectivity index (χ0n) is 12.2. The number of anilines is 2. The summed E-state index contributed by atoms with van der Waals surface area (Å²) in [6.45, 7) is 1.83. The molecule has 2 aromatic rings. The Morgan fingerprint density at radius 3 is 2.57 bits per heavy atom. The predicted octanol–water partition coefficient (Wildman–Crippen LogP) is 3.61. The predicted molar refractivity (Wildman–Crippen MR) is 92.7 cm³/mol. The lowest BCUT2D eigenvalue weighted by atomic mass is 10.0. The molecule has 0 saturated carbocycles. The van der Waals surface area contributed by atoms with Crippen molar-refractivity contribution in [3.05, 3.63) is 59.1 Å². The Balaban J connectivity index is 1.94. The van der Waals surface area contributed by atoms with Crippen LogP contribution in [0.25, 0.3) is 0 Å². The first-order chi connectivity index (χ1) is 11.0. The third-order valence-corrected chi connectivity index (χ3v) is 5.90. The molecular weight excluding hydrogens is 332 g/mol. The molecule has 2 atom stereocenters. The summed E-state index contributed by atoms with van der Waals surface area (Å²) in [7, 11) is 0. The molecule has 2 unspecified atom stereocenters. The van der Waals surface area contributed by atoms with Gasteiger partial charge in [-0.3, -0.25) is 14.5 Å². The lowest BCUT2D eigenvalue weighted by Gasteiger charge is -2.32. The Labute approximate surface area is 142 Å². The third kappa shape index (κ3) is 1.93. The van der Waals surface area contributed by atoms with Crippen LogP contribution in [-0.2, 0) is 14.5 Å². The average molecular weight is 345 g/mol. The van der Waals surface area contributed by atoms with E-state index in [1.165, 1.54) is 11.8 Å². The molecule has 2 aliphatic rings. The van der Waals surface area contributed by atoms with Crippen LogP contribution in [0, 0.1) is 0 Å². The van der Waals surface area contributed by atoms with E-state index in [1.807, 2.05) is 31.2 Å². The Morgan fingerprint density at radius 2 is 1.83 bits per heavy atom. The minimum absolute atomic E-state index is 0.0795. The molecule has 0 aliphatic carbocycles. The Hall–Kier alpha value is -1.98. The summed E-state index contributed by atoms with van der Waals surface area (Å²) in [4.78, 5) is 26.2. The fourth-order valence-corrected chi connectivity index (χ4v) is 4.76. The molecule has 0 aromatic heterocycles. The molecule has 23 heavy (non-hydrogen) atoms. The highest BCUT2D eigenvalue weighted by molar-refractivity contribution is 8.03. The summed E-state index contributed by atoms with van der Waals surface area (Å²) >= 11 is 7.33. The van der Waals surface area contributed by atoms with Gasteiger partial charge in [0.15, 0.2) is 0 Å². The van der Waals surface area contributed by atoms with Crippen molar-refractivity contribution >= 4 is 46.6 Å². The van der Waals surface area contributed by atoms with Crippen molar-refractivity contribution in [2.75, 3.05) is 10.2 Å². The normalized spacial score (nSPS) is 25.8. The number of rotatable bonds is 1. The average Bonchev–Trinajstić information content (AvgIpc) is 2.97. The Bertz CT molecular complexity index is 824. The number of carbonyl (C=O) groups is 2. The molecule has 4 nitrogen and oxygen atoms in total. The van der Waals surface area contributed by atoms with Gasteiger partial charge in [-0.15, -0.1) is 11.8 Å². The van der Waals surface area contributed by atoms with Crippen molar-refractivity contribution in [3.8, 4) is 0 Å². The van der Waals surface area contributed by atoms with Crippen LogP contribution in [0.3, 0.4) is 0 Å². The van der Waals surface area contributed by atoms with Gasteiger partial charge < -0.3 is 5.32 Å². The highest BCUT2D eigenvalue weighted by Crippen LogP contribution is 2.55. The zero-order chi connectivity index (χ0) is 16.2. The van der Waals surface area contributed by atoms with Crippen LogP contribution in [0.2, 0.25) is 5.02 Å². The number of para-hydroxylation sites is 1. The maximum atomic E-state index is 12.8. The number of nitrogens with one attached hydrogen (secondary N) is 1. The number of hydrogen-bond donors (Lipinski definition) is 1. The van der Waals surface area contributed by atoms with E-state index in [0.29, 0.717) is 10.7 Å². The van der Waals surface area contributed by atoms with E-state index >= 15 is 0 Å². The van der Waals surface area contributed by atoms with E-state index in [-0.39, 0.29) is 17.1 Å². The smallest absolute Gasteiger partial charge is 0.266 e. The largest absolute Gasteiger partial charge is 0.323 e. The van der Waals surface area contributed by atoms with Crippen molar-refractivity contribution < 1.29 is 9.59 Å². The van der Waals surface area contributed by atoms with Crippen LogP contribution in [-0.4, -0.2) is 17.1 Å². The summed E-state index contributed by atoms with van der Waals surface area (Å²) in [5.74, 6) is -0.263. The van der Waals surface area contributed by atoms with Gasteiger partial charge in [0.1, 0.15) is 0 Å². The number of thioether (sulfide) groups is 1. The van der Waals surface area contributed by atoms with E-state index < -0.39 is 4.87 Å². The van der Waals surface area contributed by atoms with Crippen molar-refractivity contribution in [2.24, 2.45) is 0 Å². The number of benzene rings is 2. The van der Waals surface area contributed by atoms with E-state index in [4.69, 9.17) is 11.6 Å². The third-order valence-electron chi connectivity index (χ3n) is 4.16.